The molecule has 2 unspecified atom stereocenters. The average molecular weight is 265 g/mol. The van der Waals surface area contributed by atoms with Crippen LogP contribution in [0, 0.1) is 5.92 Å². The van der Waals surface area contributed by atoms with E-state index in [9.17, 15) is 5.11 Å². The first kappa shape index (κ1) is 13.4. The number of nitrogens with zero attached hydrogens (tertiary/aromatic N) is 2. The summed E-state index contributed by atoms with van der Waals surface area (Å²) >= 11 is 4.93. The summed E-state index contributed by atoms with van der Waals surface area (Å²) in [5.74, 6) is 0.548. The van der Waals surface area contributed by atoms with Crippen LogP contribution in [0.3, 0.4) is 0 Å². The standard InChI is InChI=1S/C13H19N3OS/c1-9-3-5-16(12(9)8-17)7-10-2-4-15-11(6-10)13(14)18/h2,4,6,9,12,17H,3,5,7-8H2,1H3,(H2,14,18). The third-order valence-corrected chi connectivity index (χ3v) is 3.86. The maximum atomic E-state index is 9.43. The highest BCUT2D eigenvalue weighted by molar-refractivity contribution is 7.80. The molecule has 2 heterocycles. The largest absolute Gasteiger partial charge is 0.395 e. The minimum absolute atomic E-state index is 0.217. The van der Waals surface area contributed by atoms with Gasteiger partial charge in [-0.3, -0.25) is 9.88 Å². The lowest BCUT2D eigenvalue weighted by Gasteiger charge is -2.25. The Labute approximate surface area is 113 Å². The minimum Gasteiger partial charge on any atom is -0.395 e. The lowest BCUT2D eigenvalue weighted by Crippen LogP contribution is -2.34. The Morgan fingerprint density at radius 3 is 3.11 bits per heavy atom. The van der Waals surface area contributed by atoms with Gasteiger partial charge < -0.3 is 10.8 Å². The van der Waals surface area contributed by atoms with Crippen molar-refractivity contribution in [3.05, 3.63) is 29.6 Å². The zero-order valence-electron chi connectivity index (χ0n) is 10.5. The fourth-order valence-electron chi connectivity index (χ4n) is 2.52. The third kappa shape index (κ3) is 2.85. The molecule has 0 saturated carbocycles. The Balaban J connectivity index is 2.09. The first-order valence-corrected chi connectivity index (χ1v) is 6.62. The summed E-state index contributed by atoms with van der Waals surface area (Å²) in [5.41, 5.74) is 7.38. The molecule has 0 amide bonds. The number of rotatable bonds is 4. The molecular weight excluding hydrogens is 246 g/mol. The molecule has 5 heteroatoms. The molecule has 0 spiro atoms. The topological polar surface area (TPSA) is 62.4 Å². The van der Waals surface area contributed by atoms with Gasteiger partial charge in [-0.05, 0) is 36.6 Å². The molecule has 3 N–H and O–H groups in total. The summed E-state index contributed by atoms with van der Waals surface area (Å²) in [7, 11) is 0. The van der Waals surface area contributed by atoms with Crippen molar-refractivity contribution in [2.24, 2.45) is 11.7 Å². The molecule has 98 valence electrons. The van der Waals surface area contributed by atoms with Crippen molar-refractivity contribution in [2.75, 3.05) is 13.2 Å². The minimum atomic E-state index is 0.217. The van der Waals surface area contributed by atoms with Crippen molar-refractivity contribution in [1.29, 1.82) is 0 Å². The Morgan fingerprint density at radius 1 is 1.67 bits per heavy atom. The number of likely N-dealkylation sites (tertiary alicyclic amines) is 1. The van der Waals surface area contributed by atoms with E-state index < -0.39 is 0 Å². The van der Waals surface area contributed by atoms with Gasteiger partial charge in [0.25, 0.3) is 0 Å². The quantitative estimate of drug-likeness (QED) is 0.793. The number of thiocarbonyl (C=S) groups is 1. The molecule has 1 aliphatic heterocycles. The molecule has 18 heavy (non-hydrogen) atoms. The predicted molar refractivity (Wildman–Crippen MR) is 75.2 cm³/mol. The molecule has 2 atom stereocenters. The molecular formula is C13H19N3OS. The van der Waals surface area contributed by atoms with Crippen LogP contribution in [0.1, 0.15) is 24.6 Å². The summed E-state index contributed by atoms with van der Waals surface area (Å²) in [6, 6.07) is 4.16. The number of hydrogen-bond donors (Lipinski definition) is 2. The van der Waals surface area contributed by atoms with Gasteiger partial charge >= 0.3 is 0 Å². The molecule has 1 saturated heterocycles. The van der Waals surface area contributed by atoms with Crippen LogP contribution in [0.2, 0.25) is 0 Å². The fourth-order valence-corrected chi connectivity index (χ4v) is 2.63. The van der Waals surface area contributed by atoms with Crippen LogP contribution in [0.25, 0.3) is 0 Å². The van der Waals surface area contributed by atoms with Crippen LogP contribution in [0.5, 0.6) is 0 Å². The van der Waals surface area contributed by atoms with Gasteiger partial charge in [0.1, 0.15) is 4.99 Å². The van der Waals surface area contributed by atoms with E-state index in [1.807, 2.05) is 12.1 Å². The molecule has 1 fully saturated rings. The fraction of sp³-hybridized carbons (Fsp3) is 0.538. The zero-order chi connectivity index (χ0) is 13.1. The Morgan fingerprint density at radius 2 is 2.44 bits per heavy atom. The molecule has 0 radical (unpaired) electrons. The van der Waals surface area contributed by atoms with Crippen LogP contribution < -0.4 is 5.73 Å². The van der Waals surface area contributed by atoms with Crippen molar-refractivity contribution in [1.82, 2.24) is 9.88 Å². The first-order chi connectivity index (χ1) is 8.61. The highest BCUT2D eigenvalue weighted by Gasteiger charge is 2.30. The second-order valence-corrected chi connectivity index (χ2v) is 5.34. The van der Waals surface area contributed by atoms with E-state index in [1.54, 1.807) is 6.20 Å². The van der Waals surface area contributed by atoms with Crippen molar-refractivity contribution in [2.45, 2.75) is 25.9 Å². The second kappa shape index (κ2) is 5.73. The molecule has 1 aromatic rings. The third-order valence-electron chi connectivity index (χ3n) is 3.65. The molecule has 1 aliphatic rings. The second-order valence-electron chi connectivity index (χ2n) is 4.90. The smallest absolute Gasteiger partial charge is 0.122 e. The number of pyridine rings is 1. The van der Waals surface area contributed by atoms with Gasteiger partial charge in [-0.2, -0.15) is 0 Å². The van der Waals surface area contributed by atoms with Gasteiger partial charge in [-0.15, -0.1) is 0 Å². The number of aliphatic hydroxyl groups excluding tert-OH is 1. The Bertz CT molecular complexity index is 438. The molecule has 0 aliphatic carbocycles. The lowest BCUT2D eigenvalue weighted by atomic mass is 10.0. The summed E-state index contributed by atoms with van der Waals surface area (Å²) in [5, 5.41) is 9.43. The van der Waals surface area contributed by atoms with E-state index in [0.29, 0.717) is 16.6 Å². The van der Waals surface area contributed by atoms with Gasteiger partial charge in [-0.25, -0.2) is 0 Å². The van der Waals surface area contributed by atoms with Gasteiger partial charge in [0.05, 0.1) is 12.3 Å². The van der Waals surface area contributed by atoms with Gasteiger partial charge in [0.15, 0.2) is 0 Å². The van der Waals surface area contributed by atoms with Crippen LogP contribution >= 0.6 is 12.2 Å². The predicted octanol–water partition coefficient (Wildman–Crippen LogP) is 0.919. The van der Waals surface area contributed by atoms with Gasteiger partial charge in [0, 0.05) is 18.8 Å². The normalized spacial score (nSPS) is 24.3. The van der Waals surface area contributed by atoms with Crippen LogP contribution in [-0.2, 0) is 6.54 Å². The highest BCUT2D eigenvalue weighted by atomic mass is 32.1. The van der Waals surface area contributed by atoms with E-state index >= 15 is 0 Å². The molecule has 1 aromatic heterocycles. The first-order valence-electron chi connectivity index (χ1n) is 6.21. The summed E-state index contributed by atoms with van der Waals surface area (Å²) in [6.45, 7) is 4.24. The Hall–Kier alpha value is -1.04. The SMILES string of the molecule is CC1CCN(Cc2ccnc(C(N)=S)c2)C1CO. The van der Waals surface area contributed by atoms with Crippen LogP contribution in [0.4, 0.5) is 0 Å². The van der Waals surface area contributed by atoms with E-state index in [2.05, 4.69) is 16.8 Å². The average Bonchev–Trinajstić information content (AvgIpc) is 2.70. The number of aliphatic hydroxyl groups is 1. The maximum Gasteiger partial charge on any atom is 0.122 e. The van der Waals surface area contributed by atoms with E-state index in [1.165, 1.54) is 0 Å². The summed E-state index contributed by atoms with van der Waals surface area (Å²) < 4.78 is 0. The summed E-state index contributed by atoms with van der Waals surface area (Å²) in [4.78, 5) is 6.77. The van der Waals surface area contributed by atoms with Crippen molar-refractivity contribution in [3.63, 3.8) is 0 Å². The van der Waals surface area contributed by atoms with Crippen molar-refractivity contribution >= 4 is 17.2 Å². The Kier molecular flexibility index (Phi) is 4.27. The van der Waals surface area contributed by atoms with Gasteiger partial charge in [-0.1, -0.05) is 19.1 Å². The monoisotopic (exact) mass is 265 g/mol. The number of hydrogen-bond acceptors (Lipinski definition) is 4. The van der Waals surface area contributed by atoms with Crippen molar-refractivity contribution < 1.29 is 5.11 Å². The summed E-state index contributed by atoms with van der Waals surface area (Å²) in [6.07, 6.45) is 2.87. The van der Waals surface area contributed by atoms with E-state index in [-0.39, 0.29) is 12.6 Å². The maximum absolute atomic E-state index is 9.43. The van der Waals surface area contributed by atoms with E-state index in [4.69, 9.17) is 18.0 Å². The van der Waals surface area contributed by atoms with Crippen molar-refractivity contribution in [3.8, 4) is 0 Å². The lowest BCUT2D eigenvalue weighted by molar-refractivity contribution is 0.134. The zero-order valence-corrected chi connectivity index (χ0v) is 11.4. The van der Waals surface area contributed by atoms with Crippen LogP contribution in [-0.4, -0.2) is 39.2 Å². The molecule has 2 rings (SSSR count). The molecule has 0 bridgehead atoms. The number of nitrogens with two attached hydrogens (primary N) is 1. The molecule has 0 aromatic carbocycles. The van der Waals surface area contributed by atoms with Gasteiger partial charge in [0.2, 0.25) is 0 Å². The molecule has 4 nitrogen and oxygen atoms in total. The highest BCUT2D eigenvalue weighted by Crippen LogP contribution is 2.25. The van der Waals surface area contributed by atoms with Crippen LogP contribution in [0.15, 0.2) is 18.3 Å². The van der Waals surface area contributed by atoms with E-state index in [0.717, 1.165) is 25.1 Å². The number of aromatic nitrogens is 1.